The number of hydrogen-bond donors (Lipinski definition) is 1. The zero-order chi connectivity index (χ0) is 18.1. The standard InChI is InChI=1S/C21H26ClNO3/c22-18-3-1-2-13(11-18)4-5-23-19(24)12-26-21(25)20-16-7-14-6-15(9-16)10-17(20)8-14/h1-3,11,14-17,20H,4-10,12H2,(H,23,24). The Kier molecular flexibility index (Phi) is 5.21. The molecule has 1 aromatic rings. The van der Waals surface area contributed by atoms with Crippen LogP contribution < -0.4 is 5.32 Å². The maximum atomic E-state index is 12.6. The van der Waals surface area contributed by atoms with Crippen molar-refractivity contribution in [3.63, 3.8) is 0 Å². The number of ether oxygens (including phenoxy) is 1. The summed E-state index contributed by atoms with van der Waals surface area (Å²) in [5.41, 5.74) is 1.07. The molecule has 0 unspecified atom stereocenters. The first-order valence-corrected chi connectivity index (χ1v) is 10.1. The number of rotatable bonds is 6. The van der Waals surface area contributed by atoms with Gasteiger partial charge in [-0.25, -0.2) is 0 Å². The highest BCUT2D eigenvalue weighted by atomic mass is 35.5. The van der Waals surface area contributed by atoms with E-state index in [-0.39, 0.29) is 24.4 Å². The number of hydrogen-bond acceptors (Lipinski definition) is 3. The molecule has 140 valence electrons. The summed E-state index contributed by atoms with van der Waals surface area (Å²) >= 11 is 5.95. The fourth-order valence-electron chi connectivity index (χ4n) is 5.63. The van der Waals surface area contributed by atoms with Gasteiger partial charge >= 0.3 is 5.97 Å². The Balaban J connectivity index is 1.20. The second-order valence-corrected chi connectivity index (χ2v) is 8.73. The molecular weight excluding hydrogens is 350 g/mol. The molecule has 5 rings (SSSR count). The zero-order valence-electron chi connectivity index (χ0n) is 15.0. The van der Waals surface area contributed by atoms with Crippen LogP contribution in [0.4, 0.5) is 0 Å². The fraction of sp³-hybridized carbons (Fsp3) is 0.619. The van der Waals surface area contributed by atoms with Gasteiger partial charge in [-0.2, -0.15) is 0 Å². The highest BCUT2D eigenvalue weighted by molar-refractivity contribution is 6.30. The molecule has 4 bridgehead atoms. The number of amides is 1. The maximum Gasteiger partial charge on any atom is 0.310 e. The predicted molar refractivity (Wildman–Crippen MR) is 99.7 cm³/mol. The smallest absolute Gasteiger partial charge is 0.310 e. The maximum absolute atomic E-state index is 12.6. The number of carbonyl (C=O) groups is 2. The highest BCUT2D eigenvalue weighted by Crippen LogP contribution is 2.56. The molecule has 0 spiro atoms. The van der Waals surface area contributed by atoms with Gasteiger partial charge in [-0.1, -0.05) is 23.7 Å². The van der Waals surface area contributed by atoms with Crippen LogP contribution in [0.25, 0.3) is 0 Å². The van der Waals surface area contributed by atoms with Gasteiger partial charge in [-0.05, 0) is 79.9 Å². The molecule has 1 aromatic carbocycles. The van der Waals surface area contributed by atoms with Gasteiger partial charge in [-0.15, -0.1) is 0 Å². The first-order chi connectivity index (χ1) is 12.6. The van der Waals surface area contributed by atoms with Crippen LogP contribution in [-0.2, 0) is 20.7 Å². The Morgan fingerprint density at radius 1 is 1.08 bits per heavy atom. The lowest BCUT2D eigenvalue weighted by Crippen LogP contribution is -2.48. The third kappa shape index (κ3) is 3.90. The van der Waals surface area contributed by atoms with Crippen molar-refractivity contribution in [2.75, 3.05) is 13.2 Å². The lowest BCUT2D eigenvalue weighted by Gasteiger charge is -2.53. The summed E-state index contributed by atoms with van der Waals surface area (Å²) in [5, 5.41) is 3.51. The van der Waals surface area contributed by atoms with Crippen LogP contribution in [0, 0.1) is 29.6 Å². The average Bonchev–Trinajstić information content (AvgIpc) is 2.59. The van der Waals surface area contributed by atoms with E-state index >= 15 is 0 Å². The van der Waals surface area contributed by atoms with Gasteiger partial charge in [0.1, 0.15) is 0 Å². The first-order valence-electron chi connectivity index (χ1n) is 9.76. The van der Waals surface area contributed by atoms with Gasteiger partial charge in [0, 0.05) is 11.6 Å². The van der Waals surface area contributed by atoms with E-state index in [4.69, 9.17) is 16.3 Å². The van der Waals surface area contributed by atoms with Gasteiger partial charge in [0.15, 0.2) is 6.61 Å². The normalized spacial score (nSPS) is 31.7. The summed E-state index contributed by atoms with van der Waals surface area (Å²) < 4.78 is 5.38. The van der Waals surface area contributed by atoms with Gasteiger partial charge in [-0.3, -0.25) is 9.59 Å². The van der Waals surface area contributed by atoms with Crippen LogP contribution in [0.15, 0.2) is 24.3 Å². The molecular formula is C21H26ClNO3. The van der Waals surface area contributed by atoms with Crippen LogP contribution in [0.2, 0.25) is 5.02 Å². The molecule has 1 amide bonds. The van der Waals surface area contributed by atoms with Crippen LogP contribution in [-0.4, -0.2) is 25.0 Å². The Morgan fingerprint density at radius 2 is 1.77 bits per heavy atom. The summed E-state index contributed by atoms with van der Waals surface area (Å²) in [5.74, 6) is 2.29. The second kappa shape index (κ2) is 7.59. The van der Waals surface area contributed by atoms with Crippen LogP contribution in [0.3, 0.4) is 0 Å². The molecule has 4 aliphatic carbocycles. The molecule has 1 N–H and O–H groups in total. The van der Waals surface area contributed by atoms with Crippen molar-refractivity contribution in [1.82, 2.24) is 5.32 Å². The van der Waals surface area contributed by atoms with Crippen molar-refractivity contribution in [3.05, 3.63) is 34.9 Å². The molecule has 4 aliphatic rings. The summed E-state index contributed by atoms with van der Waals surface area (Å²) in [6.45, 7) is 0.339. The zero-order valence-corrected chi connectivity index (χ0v) is 15.7. The van der Waals surface area contributed by atoms with Gasteiger partial charge in [0.2, 0.25) is 0 Å². The number of halogens is 1. The molecule has 4 fully saturated rings. The van der Waals surface area contributed by atoms with Crippen molar-refractivity contribution in [2.45, 2.75) is 38.5 Å². The molecule has 0 aromatic heterocycles. The first kappa shape index (κ1) is 17.8. The minimum absolute atomic E-state index is 0.0297. The molecule has 4 saturated carbocycles. The average molecular weight is 376 g/mol. The molecule has 0 saturated heterocycles. The third-order valence-corrected chi connectivity index (χ3v) is 6.70. The minimum Gasteiger partial charge on any atom is -0.455 e. The van der Waals surface area contributed by atoms with Crippen molar-refractivity contribution in [1.29, 1.82) is 0 Å². The Hall–Kier alpha value is -1.55. The van der Waals surface area contributed by atoms with Crippen LogP contribution >= 0.6 is 11.6 Å². The summed E-state index contributed by atoms with van der Waals surface area (Å²) in [4.78, 5) is 24.5. The lowest BCUT2D eigenvalue weighted by molar-refractivity contribution is -0.164. The van der Waals surface area contributed by atoms with Gasteiger partial charge in [0.25, 0.3) is 5.91 Å². The summed E-state index contributed by atoms with van der Waals surface area (Å²) in [6.07, 6.45) is 6.79. The molecule has 5 heteroatoms. The van der Waals surface area contributed by atoms with Crippen LogP contribution in [0.5, 0.6) is 0 Å². The van der Waals surface area contributed by atoms with E-state index in [1.165, 1.54) is 32.1 Å². The van der Waals surface area contributed by atoms with E-state index in [1.54, 1.807) is 0 Å². The number of esters is 1. The summed E-state index contributed by atoms with van der Waals surface area (Å²) in [6, 6.07) is 7.59. The second-order valence-electron chi connectivity index (χ2n) is 8.29. The van der Waals surface area contributed by atoms with Crippen molar-refractivity contribution in [3.8, 4) is 0 Å². The summed E-state index contributed by atoms with van der Waals surface area (Å²) in [7, 11) is 0. The van der Waals surface area contributed by atoms with Crippen molar-refractivity contribution >= 4 is 23.5 Å². The molecule has 0 atom stereocenters. The lowest BCUT2D eigenvalue weighted by atomic mass is 9.52. The Labute approximate surface area is 159 Å². The van der Waals surface area contributed by atoms with E-state index in [2.05, 4.69) is 5.32 Å². The number of benzene rings is 1. The van der Waals surface area contributed by atoms with E-state index < -0.39 is 0 Å². The topological polar surface area (TPSA) is 55.4 Å². The third-order valence-electron chi connectivity index (χ3n) is 6.47. The SMILES string of the molecule is O=C(COC(=O)C1C2CC3CC(C2)CC1C3)NCCc1cccc(Cl)c1. The predicted octanol–water partition coefficient (Wildman–Crippen LogP) is 3.61. The van der Waals surface area contributed by atoms with E-state index in [0.29, 0.717) is 29.8 Å². The largest absolute Gasteiger partial charge is 0.455 e. The Bertz CT molecular complexity index is 662. The van der Waals surface area contributed by atoms with Crippen molar-refractivity contribution < 1.29 is 14.3 Å². The van der Waals surface area contributed by atoms with E-state index in [1.807, 2.05) is 24.3 Å². The van der Waals surface area contributed by atoms with Crippen LogP contribution in [0.1, 0.15) is 37.7 Å². The highest BCUT2D eigenvalue weighted by Gasteiger charge is 2.51. The number of carbonyl (C=O) groups excluding carboxylic acids is 2. The Morgan fingerprint density at radius 3 is 2.42 bits per heavy atom. The van der Waals surface area contributed by atoms with Crippen molar-refractivity contribution in [2.24, 2.45) is 29.6 Å². The molecule has 4 nitrogen and oxygen atoms in total. The minimum atomic E-state index is -0.232. The molecule has 0 radical (unpaired) electrons. The monoisotopic (exact) mass is 375 g/mol. The fourth-order valence-corrected chi connectivity index (χ4v) is 5.85. The van der Waals surface area contributed by atoms with Gasteiger partial charge < -0.3 is 10.1 Å². The molecule has 26 heavy (non-hydrogen) atoms. The van der Waals surface area contributed by atoms with E-state index in [9.17, 15) is 9.59 Å². The van der Waals surface area contributed by atoms with E-state index in [0.717, 1.165) is 17.4 Å². The van der Waals surface area contributed by atoms with Gasteiger partial charge in [0.05, 0.1) is 5.92 Å². The quantitative estimate of drug-likeness (QED) is 0.773. The molecule has 0 heterocycles. The molecule has 0 aliphatic heterocycles. The number of nitrogens with one attached hydrogen (secondary N) is 1.